The molecule has 38 heavy (non-hydrogen) atoms. The Morgan fingerprint density at radius 1 is 0.842 bits per heavy atom. The van der Waals surface area contributed by atoms with Gasteiger partial charge in [-0.15, -0.1) is 0 Å². The van der Waals surface area contributed by atoms with Crippen LogP contribution in [0.2, 0.25) is 0 Å². The minimum atomic E-state index is -1.54. The molecule has 0 radical (unpaired) electrons. The lowest BCUT2D eigenvalue weighted by Crippen LogP contribution is -2.72. The summed E-state index contributed by atoms with van der Waals surface area (Å²) >= 11 is 0. The Morgan fingerprint density at radius 3 is 2.21 bits per heavy atom. The maximum Gasteiger partial charge on any atom is 0.332 e. The molecule has 3 aromatic carbocycles. The number of benzene rings is 3. The number of carbonyl (C=O) groups excluding carboxylic acids is 3. The molecule has 6 nitrogen and oxygen atoms in total. The van der Waals surface area contributed by atoms with Crippen LogP contribution in [0, 0.1) is 29.3 Å². The molecule has 2 saturated heterocycles. The fraction of sp³-hybridized carbons (Fsp3) is 0.207. The van der Waals surface area contributed by atoms with E-state index in [0.29, 0.717) is 16.0 Å². The Kier molecular flexibility index (Phi) is 6.41. The summed E-state index contributed by atoms with van der Waals surface area (Å²) < 4.78 is 43.9. The summed E-state index contributed by atoms with van der Waals surface area (Å²) in [7, 11) is 0. The van der Waals surface area contributed by atoms with E-state index in [4.69, 9.17) is 0 Å². The largest absolute Gasteiger partial charge is 0.335 e. The third kappa shape index (κ3) is 4.50. The van der Waals surface area contributed by atoms with Gasteiger partial charge in [-0.3, -0.25) is 9.59 Å². The van der Waals surface area contributed by atoms with Crippen molar-refractivity contribution in [1.29, 1.82) is 0 Å². The summed E-state index contributed by atoms with van der Waals surface area (Å²) in [4.78, 5) is 42.9. The standard InChI is InChI=1S/C29H22F3N3O3/c1-29-17-25(36)35(26-23(31)15-20(16-24(26)32)11-10-19-6-3-2-4-7-19)28(38)34(29)13-12-33(27(29)37)18-21-8-5-9-22(30)14-21/h2-9,14-16H,12-13,17-18H2,1H3/t29-/m0/s1. The second-order valence-corrected chi connectivity index (χ2v) is 9.38. The molecule has 4 amide bonds. The third-order valence-electron chi connectivity index (χ3n) is 6.73. The van der Waals surface area contributed by atoms with Gasteiger partial charge in [0, 0.05) is 30.8 Å². The summed E-state index contributed by atoms with van der Waals surface area (Å²) in [5, 5.41) is 0. The lowest BCUT2D eigenvalue weighted by atomic mass is 9.88. The molecule has 0 aliphatic carbocycles. The zero-order valence-corrected chi connectivity index (χ0v) is 20.4. The predicted molar refractivity (Wildman–Crippen MR) is 133 cm³/mol. The van der Waals surface area contributed by atoms with E-state index >= 15 is 8.78 Å². The van der Waals surface area contributed by atoms with Crippen LogP contribution in [0.3, 0.4) is 0 Å². The predicted octanol–water partition coefficient (Wildman–Crippen LogP) is 4.46. The number of hydrogen-bond acceptors (Lipinski definition) is 3. The maximum atomic E-state index is 15.1. The molecule has 2 aliphatic heterocycles. The van der Waals surface area contributed by atoms with Gasteiger partial charge in [-0.25, -0.2) is 22.9 Å². The highest BCUT2D eigenvalue weighted by Gasteiger charge is 2.55. The average molecular weight is 518 g/mol. The van der Waals surface area contributed by atoms with Crippen molar-refractivity contribution in [3.63, 3.8) is 0 Å². The van der Waals surface area contributed by atoms with Crippen molar-refractivity contribution in [2.24, 2.45) is 0 Å². The number of hydrogen-bond donors (Lipinski definition) is 0. The van der Waals surface area contributed by atoms with Crippen molar-refractivity contribution in [2.75, 3.05) is 18.0 Å². The first-order valence-electron chi connectivity index (χ1n) is 11.9. The van der Waals surface area contributed by atoms with Gasteiger partial charge >= 0.3 is 6.03 Å². The van der Waals surface area contributed by atoms with Crippen LogP contribution in [0.5, 0.6) is 0 Å². The number of nitrogens with zero attached hydrogens (tertiary/aromatic N) is 3. The van der Waals surface area contributed by atoms with Gasteiger partial charge in [-0.05, 0) is 48.9 Å². The summed E-state index contributed by atoms with van der Waals surface area (Å²) in [5.41, 5.74) is -1.09. The molecule has 3 aromatic rings. The molecule has 2 heterocycles. The molecule has 9 heteroatoms. The lowest BCUT2D eigenvalue weighted by molar-refractivity contribution is -0.152. The summed E-state index contributed by atoms with van der Waals surface area (Å²) in [6.07, 6.45) is -0.467. The molecule has 0 bridgehead atoms. The molecule has 0 saturated carbocycles. The number of anilines is 1. The molecule has 1 atom stereocenters. The fourth-order valence-electron chi connectivity index (χ4n) is 4.85. The van der Waals surface area contributed by atoms with Crippen LogP contribution in [-0.4, -0.2) is 46.3 Å². The number of imide groups is 1. The van der Waals surface area contributed by atoms with Gasteiger partial charge in [0.25, 0.3) is 0 Å². The molecule has 0 unspecified atom stereocenters. The van der Waals surface area contributed by atoms with E-state index in [1.165, 1.54) is 34.9 Å². The van der Waals surface area contributed by atoms with Crippen molar-refractivity contribution in [3.8, 4) is 11.8 Å². The fourth-order valence-corrected chi connectivity index (χ4v) is 4.85. The Labute approximate surface area is 217 Å². The topological polar surface area (TPSA) is 60.9 Å². The molecule has 0 aromatic heterocycles. The summed E-state index contributed by atoms with van der Waals surface area (Å²) in [5.74, 6) is 1.39. The Bertz CT molecular complexity index is 1490. The first-order valence-corrected chi connectivity index (χ1v) is 11.9. The van der Waals surface area contributed by atoms with Crippen LogP contribution in [-0.2, 0) is 16.1 Å². The molecule has 5 rings (SSSR count). The highest BCUT2D eigenvalue weighted by atomic mass is 19.1. The number of fused-ring (bicyclic) bond motifs is 1. The second kappa shape index (κ2) is 9.71. The van der Waals surface area contributed by atoms with Gasteiger partial charge in [-0.2, -0.15) is 0 Å². The molecule has 2 aliphatic rings. The highest BCUT2D eigenvalue weighted by molar-refractivity contribution is 6.19. The van der Waals surface area contributed by atoms with Crippen LogP contribution >= 0.6 is 0 Å². The van der Waals surface area contributed by atoms with E-state index in [0.717, 1.165) is 12.1 Å². The van der Waals surface area contributed by atoms with Gasteiger partial charge in [-0.1, -0.05) is 42.2 Å². The molecular formula is C29H22F3N3O3. The Morgan fingerprint density at radius 2 is 1.53 bits per heavy atom. The van der Waals surface area contributed by atoms with E-state index in [-0.39, 0.29) is 25.2 Å². The SMILES string of the molecule is C[C@@]12CC(=O)N(c3c(F)cc(C#Cc4ccccc4)cc3F)C(=O)N1CCN(Cc1cccc(F)c1)C2=O. The number of carbonyl (C=O) groups is 3. The molecule has 192 valence electrons. The average Bonchev–Trinajstić information content (AvgIpc) is 2.87. The highest BCUT2D eigenvalue weighted by Crippen LogP contribution is 2.37. The zero-order valence-electron chi connectivity index (χ0n) is 20.4. The van der Waals surface area contributed by atoms with Gasteiger partial charge in [0.1, 0.15) is 17.0 Å². The third-order valence-corrected chi connectivity index (χ3v) is 6.73. The van der Waals surface area contributed by atoms with Gasteiger partial charge in [0.2, 0.25) is 11.8 Å². The van der Waals surface area contributed by atoms with Gasteiger partial charge in [0.15, 0.2) is 11.6 Å². The number of urea groups is 1. The van der Waals surface area contributed by atoms with Crippen molar-refractivity contribution in [2.45, 2.75) is 25.4 Å². The number of amides is 4. The minimum absolute atomic E-state index is 0.0318. The minimum Gasteiger partial charge on any atom is -0.335 e. The summed E-state index contributed by atoms with van der Waals surface area (Å²) in [6.45, 7) is 1.69. The second-order valence-electron chi connectivity index (χ2n) is 9.38. The number of halogens is 3. The molecule has 0 spiro atoms. The Balaban J connectivity index is 1.40. The van der Waals surface area contributed by atoms with Crippen molar-refractivity contribution < 1.29 is 27.6 Å². The first-order chi connectivity index (χ1) is 18.2. The van der Waals surface area contributed by atoms with Crippen LogP contribution in [0.25, 0.3) is 0 Å². The maximum absolute atomic E-state index is 15.1. The van der Waals surface area contributed by atoms with Crippen LogP contribution < -0.4 is 4.90 Å². The van der Waals surface area contributed by atoms with Crippen molar-refractivity contribution >= 4 is 23.5 Å². The Hall–Kier alpha value is -4.58. The van der Waals surface area contributed by atoms with Gasteiger partial charge < -0.3 is 9.80 Å². The lowest BCUT2D eigenvalue weighted by Gasteiger charge is -2.51. The van der Waals surface area contributed by atoms with Crippen LogP contribution in [0.15, 0.2) is 66.7 Å². The van der Waals surface area contributed by atoms with Crippen molar-refractivity contribution in [1.82, 2.24) is 9.80 Å². The summed E-state index contributed by atoms with van der Waals surface area (Å²) in [6, 6.07) is 15.6. The van der Waals surface area contributed by atoms with E-state index in [1.807, 2.05) is 6.07 Å². The monoisotopic (exact) mass is 517 g/mol. The van der Waals surface area contributed by atoms with Crippen LogP contribution in [0.1, 0.15) is 30.0 Å². The number of piperazine rings is 1. The smallest absolute Gasteiger partial charge is 0.332 e. The van der Waals surface area contributed by atoms with E-state index in [9.17, 15) is 18.8 Å². The quantitative estimate of drug-likeness (QED) is 0.482. The van der Waals surface area contributed by atoms with E-state index in [2.05, 4.69) is 11.8 Å². The van der Waals surface area contributed by atoms with E-state index in [1.54, 1.807) is 30.3 Å². The first kappa shape index (κ1) is 25.1. The molecule has 0 N–H and O–H groups in total. The van der Waals surface area contributed by atoms with E-state index < -0.39 is 52.9 Å². The number of rotatable bonds is 3. The van der Waals surface area contributed by atoms with Crippen molar-refractivity contribution in [3.05, 3.63) is 101 Å². The molecular weight excluding hydrogens is 495 g/mol. The van der Waals surface area contributed by atoms with Crippen LogP contribution in [0.4, 0.5) is 23.7 Å². The normalized spacial score (nSPS) is 19.3. The molecule has 2 fully saturated rings. The zero-order chi connectivity index (χ0) is 27.0. The van der Waals surface area contributed by atoms with Gasteiger partial charge in [0.05, 0.1) is 6.42 Å².